The molecule has 5 heteroatoms. The highest BCUT2D eigenvalue weighted by Crippen LogP contribution is 2.34. The molecular formula is C26H30N2O3. The van der Waals surface area contributed by atoms with E-state index < -0.39 is 6.09 Å². The summed E-state index contributed by atoms with van der Waals surface area (Å²) >= 11 is 0. The zero-order chi connectivity index (χ0) is 22.2. The molecule has 5 nitrogen and oxygen atoms in total. The van der Waals surface area contributed by atoms with Crippen molar-refractivity contribution in [1.29, 1.82) is 0 Å². The fourth-order valence-electron chi connectivity index (χ4n) is 3.88. The fraction of sp³-hybridized carbons (Fsp3) is 0.308. The third kappa shape index (κ3) is 5.63. The summed E-state index contributed by atoms with van der Waals surface area (Å²) in [5.41, 5.74) is 1.98. The van der Waals surface area contributed by atoms with Crippen LogP contribution < -0.4 is 5.32 Å². The SMILES string of the molecule is C=CCN1C(=O)[C@@H]([C@@H](NC(=O)OCc2ccccc2)C(C)C)[C@@H]1/C=C/c1ccccc1. The third-order valence-electron chi connectivity index (χ3n) is 5.51. The lowest BCUT2D eigenvalue weighted by Gasteiger charge is -2.49. The lowest BCUT2D eigenvalue weighted by molar-refractivity contribution is -0.154. The summed E-state index contributed by atoms with van der Waals surface area (Å²) in [4.78, 5) is 27.2. The van der Waals surface area contributed by atoms with Crippen LogP contribution in [0.3, 0.4) is 0 Å². The molecule has 1 fully saturated rings. The van der Waals surface area contributed by atoms with Crippen LogP contribution in [-0.4, -0.2) is 35.5 Å². The molecule has 1 heterocycles. The summed E-state index contributed by atoms with van der Waals surface area (Å²) in [6, 6.07) is 19.0. The molecule has 0 saturated carbocycles. The Morgan fingerprint density at radius 3 is 2.39 bits per heavy atom. The van der Waals surface area contributed by atoms with E-state index >= 15 is 0 Å². The van der Waals surface area contributed by atoms with Crippen molar-refractivity contribution in [3.8, 4) is 0 Å². The molecule has 2 aromatic carbocycles. The lowest BCUT2D eigenvalue weighted by atomic mass is 9.76. The van der Waals surface area contributed by atoms with Crippen LogP contribution in [0.4, 0.5) is 4.79 Å². The van der Waals surface area contributed by atoms with Gasteiger partial charge in [-0.2, -0.15) is 0 Å². The van der Waals surface area contributed by atoms with Crippen molar-refractivity contribution in [1.82, 2.24) is 10.2 Å². The zero-order valence-corrected chi connectivity index (χ0v) is 18.1. The summed E-state index contributed by atoms with van der Waals surface area (Å²) in [5.74, 6) is -0.259. The molecule has 31 heavy (non-hydrogen) atoms. The van der Waals surface area contributed by atoms with Crippen LogP contribution in [0.25, 0.3) is 6.08 Å². The van der Waals surface area contributed by atoms with E-state index in [1.54, 1.807) is 11.0 Å². The van der Waals surface area contributed by atoms with E-state index in [9.17, 15) is 9.59 Å². The standard InChI is InChI=1S/C26H30N2O3/c1-4-17-28-22(16-15-20-11-7-5-8-12-20)23(25(28)29)24(19(2)3)27-26(30)31-18-21-13-9-6-10-14-21/h4-16,19,22-24H,1,17-18H2,2-3H3,(H,27,30)/b16-15+/t22-,23+,24-/m0/s1. The van der Waals surface area contributed by atoms with Crippen molar-refractivity contribution in [3.63, 3.8) is 0 Å². The Hall–Kier alpha value is -3.34. The Bertz CT molecular complexity index is 909. The average molecular weight is 419 g/mol. The number of benzene rings is 2. The van der Waals surface area contributed by atoms with Crippen LogP contribution >= 0.6 is 0 Å². The minimum atomic E-state index is -0.511. The number of alkyl carbamates (subject to hydrolysis) is 1. The number of hydrogen-bond donors (Lipinski definition) is 1. The molecule has 1 aliphatic rings. The molecule has 1 N–H and O–H groups in total. The maximum Gasteiger partial charge on any atom is 0.407 e. The molecule has 0 bridgehead atoms. The molecule has 0 aliphatic carbocycles. The smallest absolute Gasteiger partial charge is 0.407 e. The lowest BCUT2D eigenvalue weighted by Crippen LogP contribution is -2.67. The molecule has 0 radical (unpaired) electrons. The second-order valence-electron chi connectivity index (χ2n) is 8.04. The number of carbonyl (C=O) groups excluding carboxylic acids is 2. The molecular weight excluding hydrogens is 388 g/mol. The topological polar surface area (TPSA) is 58.6 Å². The Balaban J connectivity index is 1.71. The highest BCUT2D eigenvalue weighted by Gasteiger charge is 2.50. The van der Waals surface area contributed by atoms with Crippen molar-refractivity contribution < 1.29 is 14.3 Å². The highest BCUT2D eigenvalue weighted by atomic mass is 16.5. The van der Waals surface area contributed by atoms with Crippen molar-refractivity contribution in [3.05, 3.63) is 90.5 Å². The van der Waals surface area contributed by atoms with E-state index in [2.05, 4.69) is 11.9 Å². The predicted molar refractivity (Wildman–Crippen MR) is 123 cm³/mol. The van der Waals surface area contributed by atoms with Crippen molar-refractivity contribution in [2.24, 2.45) is 11.8 Å². The van der Waals surface area contributed by atoms with E-state index in [0.29, 0.717) is 6.54 Å². The van der Waals surface area contributed by atoms with Gasteiger partial charge in [0.15, 0.2) is 0 Å². The second kappa shape index (κ2) is 10.6. The molecule has 0 unspecified atom stereocenters. The molecule has 2 aromatic rings. The van der Waals surface area contributed by atoms with Gasteiger partial charge in [-0.3, -0.25) is 4.79 Å². The maximum absolute atomic E-state index is 12.9. The van der Waals surface area contributed by atoms with Gasteiger partial charge in [-0.15, -0.1) is 6.58 Å². The maximum atomic E-state index is 12.9. The largest absolute Gasteiger partial charge is 0.445 e. The van der Waals surface area contributed by atoms with E-state index in [4.69, 9.17) is 4.74 Å². The number of amides is 2. The van der Waals surface area contributed by atoms with Crippen molar-refractivity contribution in [2.45, 2.75) is 32.5 Å². The number of nitrogens with zero attached hydrogens (tertiary/aromatic N) is 1. The molecule has 2 amide bonds. The minimum Gasteiger partial charge on any atom is -0.445 e. The van der Waals surface area contributed by atoms with Crippen molar-refractivity contribution in [2.75, 3.05) is 6.54 Å². The Morgan fingerprint density at radius 1 is 1.13 bits per heavy atom. The van der Waals surface area contributed by atoms with Crippen molar-refractivity contribution >= 4 is 18.1 Å². The number of likely N-dealkylation sites (tertiary alicyclic amines) is 1. The monoisotopic (exact) mass is 418 g/mol. The average Bonchev–Trinajstić information content (AvgIpc) is 2.79. The van der Waals surface area contributed by atoms with Crippen LogP contribution in [0, 0.1) is 11.8 Å². The van der Waals surface area contributed by atoms with Gasteiger partial charge in [0, 0.05) is 12.6 Å². The van der Waals surface area contributed by atoms with Gasteiger partial charge in [0.05, 0.1) is 12.0 Å². The summed E-state index contributed by atoms with van der Waals surface area (Å²) in [5, 5.41) is 2.94. The first kappa shape index (κ1) is 22.3. The molecule has 1 saturated heterocycles. The van der Waals surface area contributed by atoms with E-state index in [-0.39, 0.29) is 36.4 Å². The van der Waals surface area contributed by atoms with Crippen LogP contribution in [0.2, 0.25) is 0 Å². The van der Waals surface area contributed by atoms with Crippen LogP contribution in [-0.2, 0) is 16.1 Å². The fourth-order valence-corrected chi connectivity index (χ4v) is 3.88. The van der Waals surface area contributed by atoms with Gasteiger partial charge >= 0.3 is 6.09 Å². The molecule has 0 aromatic heterocycles. The van der Waals surface area contributed by atoms with Gasteiger partial charge in [-0.1, -0.05) is 92.7 Å². The Labute approximate surface area is 184 Å². The normalized spacial score (nSPS) is 19.2. The molecule has 0 spiro atoms. The quantitative estimate of drug-likeness (QED) is 0.476. The van der Waals surface area contributed by atoms with Gasteiger partial charge in [0.1, 0.15) is 6.61 Å². The number of hydrogen-bond acceptors (Lipinski definition) is 3. The minimum absolute atomic E-state index is 0.0182. The van der Waals surface area contributed by atoms with Gasteiger partial charge in [0.25, 0.3) is 0 Å². The van der Waals surface area contributed by atoms with Crippen LogP contribution in [0.1, 0.15) is 25.0 Å². The number of carbonyl (C=O) groups is 2. The number of rotatable bonds is 9. The third-order valence-corrected chi connectivity index (χ3v) is 5.51. The number of ether oxygens (including phenoxy) is 1. The molecule has 1 aliphatic heterocycles. The predicted octanol–water partition coefficient (Wildman–Crippen LogP) is 4.66. The van der Waals surface area contributed by atoms with Gasteiger partial charge in [-0.05, 0) is 17.0 Å². The second-order valence-corrected chi connectivity index (χ2v) is 8.04. The first-order chi connectivity index (χ1) is 15.0. The van der Waals surface area contributed by atoms with Crippen LogP contribution in [0.15, 0.2) is 79.4 Å². The summed E-state index contributed by atoms with van der Waals surface area (Å²) in [7, 11) is 0. The van der Waals surface area contributed by atoms with Crippen LogP contribution in [0.5, 0.6) is 0 Å². The summed E-state index contributed by atoms with van der Waals surface area (Å²) in [6.07, 6.45) is 5.27. The highest BCUT2D eigenvalue weighted by molar-refractivity contribution is 5.89. The number of β-lactam (4-membered cyclic amide) rings is 1. The first-order valence-corrected chi connectivity index (χ1v) is 10.6. The molecule has 3 atom stereocenters. The first-order valence-electron chi connectivity index (χ1n) is 10.6. The Kier molecular flexibility index (Phi) is 7.65. The zero-order valence-electron chi connectivity index (χ0n) is 18.1. The van der Waals surface area contributed by atoms with Gasteiger partial charge < -0.3 is 15.0 Å². The Morgan fingerprint density at radius 2 is 1.77 bits per heavy atom. The molecule has 3 rings (SSSR count). The molecule has 162 valence electrons. The number of nitrogens with one attached hydrogen (secondary N) is 1. The van der Waals surface area contributed by atoms with E-state index in [1.165, 1.54) is 0 Å². The van der Waals surface area contributed by atoms with Gasteiger partial charge in [0.2, 0.25) is 5.91 Å². The summed E-state index contributed by atoms with van der Waals surface area (Å²) < 4.78 is 5.39. The summed E-state index contributed by atoms with van der Waals surface area (Å²) in [6.45, 7) is 8.44. The van der Waals surface area contributed by atoms with Gasteiger partial charge in [-0.25, -0.2) is 4.79 Å². The van der Waals surface area contributed by atoms with E-state index in [1.807, 2.05) is 86.7 Å². The van der Waals surface area contributed by atoms with E-state index in [0.717, 1.165) is 11.1 Å².